The molecule has 7 heteroatoms. The zero-order valence-electron chi connectivity index (χ0n) is 15.0. The Morgan fingerprint density at radius 2 is 1.79 bits per heavy atom. The van der Waals surface area contributed by atoms with Gasteiger partial charge in [-0.05, 0) is 38.1 Å². The fourth-order valence-corrected chi connectivity index (χ4v) is 2.72. The highest BCUT2D eigenvalue weighted by Gasteiger charge is 2.11. The zero-order valence-corrected chi connectivity index (χ0v) is 17.4. The summed E-state index contributed by atoms with van der Waals surface area (Å²) in [7, 11) is 6.66. The van der Waals surface area contributed by atoms with Crippen LogP contribution in [0.15, 0.2) is 39.9 Å². The topological polar surface area (TPSA) is 40.9 Å². The summed E-state index contributed by atoms with van der Waals surface area (Å²) in [6.45, 7) is 7.30. The number of aryl methyl sites for hydroxylation is 1. The van der Waals surface area contributed by atoms with E-state index >= 15 is 0 Å². The zero-order chi connectivity index (χ0) is 16.9. The van der Waals surface area contributed by atoms with E-state index in [1.807, 2.05) is 24.4 Å². The van der Waals surface area contributed by atoms with Crippen LogP contribution in [-0.4, -0.2) is 50.2 Å². The van der Waals surface area contributed by atoms with Gasteiger partial charge in [0.15, 0.2) is 0 Å². The number of anilines is 1. The number of azo groups is 1. The molecule has 0 amide bonds. The SMILES string of the molecule is CCN(CC[N+](C)(C)C)c1ccc(/N=N/c2nc(C)cs2)cc1.[Br-]. The molecule has 0 aliphatic heterocycles. The highest BCUT2D eigenvalue weighted by atomic mass is 79.9. The monoisotopic (exact) mass is 411 g/mol. The molecule has 0 bridgehead atoms. The molecular weight excluding hydrogens is 386 g/mol. The predicted octanol–water partition coefficient (Wildman–Crippen LogP) is 1.40. The Morgan fingerprint density at radius 3 is 2.29 bits per heavy atom. The van der Waals surface area contributed by atoms with Crippen molar-refractivity contribution in [2.24, 2.45) is 10.2 Å². The molecule has 0 aliphatic rings. The van der Waals surface area contributed by atoms with Crippen LogP contribution in [0.5, 0.6) is 0 Å². The Kier molecular flexibility index (Phi) is 7.99. The molecule has 0 spiro atoms. The van der Waals surface area contributed by atoms with Gasteiger partial charge in [0.1, 0.15) is 0 Å². The normalized spacial score (nSPS) is 11.5. The lowest BCUT2D eigenvalue weighted by molar-refractivity contribution is -0.868. The fraction of sp³-hybridized carbons (Fsp3) is 0.471. The largest absolute Gasteiger partial charge is 1.00 e. The third-order valence-corrected chi connectivity index (χ3v) is 4.34. The number of rotatable bonds is 7. The average molecular weight is 412 g/mol. The van der Waals surface area contributed by atoms with Crippen molar-refractivity contribution in [3.05, 3.63) is 35.3 Å². The lowest BCUT2D eigenvalue weighted by atomic mass is 10.2. The standard InChI is InChI=1S/C17H26N5S.BrH/c1-6-21(11-12-22(3,4)5)16-9-7-15(8-10-16)19-20-17-18-14(2)13-23-17;/h7-10,13H,6,11-12H2,1-5H3;1H/q+1;/p-1/b20-19+;. The summed E-state index contributed by atoms with van der Waals surface area (Å²) < 4.78 is 0.968. The van der Waals surface area contributed by atoms with Gasteiger partial charge in [0.05, 0.1) is 45.6 Å². The van der Waals surface area contributed by atoms with Gasteiger partial charge < -0.3 is 26.4 Å². The molecular formula is C17H26BrN5S. The Balaban J connectivity index is 0.00000288. The van der Waals surface area contributed by atoms with Gasteiger partial charge in [-0.3, -0.25) is 0 Å². The van der Waals surface area contributed by atoms with Crippen LogP contribution >= 0.6 is 11.3 Å². The molecule has 0 fully saturated rings. The van der Waals surface area contributed by atoms with Crippen LogP contribution in [0.3, 0.4) is 0 Å². The van der Waals surface area contributed by atoms with Crippen LogP contribution < -0.4 is 21.9 Å². The van der Waals surface area contributed by atoms with Crippen molar-refractivity contribution in [2.75, 3.05) is 45.7 Å². The predicted molar refractivity (Wildman–Crippen MR) is 98.3 cm³/mol. The molecule has 2 rings (SSSR count). The first-order valence-corrected chi connectivity index (χ1v) is 8.74. The van der Waals surface area contributed by atoms with Crippen molar-refractivity contribution >= 4 is 27.8 Å². The van der Waals surface area contributed by atoms with E-state index in [1.165, 1.54) is 17.0 Å². The van der Waals surface area contributed by atoms with Crippen molar-refractivity contribution < 1.29 is 21.5 Å². The number of hydrogen-bond donors (Lipinski definition) is 0. The maximum Gasteiger partial charge on any atom is 0.230 e. The van der Waals surface area contributed by atoms with Gasteiger partial charge in [-0.15, -0.1) is 21.6 Å². The van der Waals surface area contributed by atoms with Crippen molar-refractivity contribution in [3.8, 4) is 0 Å². The molecule has 5 nitrogen and oxygen atoms in total. The van der Waals surface area contributed by atoms with E-state index in [9.17, 15) is 0 Å². The molecule has 0 radical (unpaired) electrons. The average Bonchev–Trinajstić information content (AvgIpc) is 2.91. The second kappa shape index (κ2) is 9.25. The van der Waals surface area contributed by atoms with Gasteiger partial charge >= 0.3 is 0 Å². The molecule has 0 unspecified atom stereocenters. The molecule has 2 aromatic rings. The van der Waals surface area contributed by atoms with Crippen LogP contribution in [0, 0.1) is 6.92 Å². The Hall–Kier alpha value is -1.31. The minimum absolute atomic E-state index is 0. The molecule has 0 N–H and O–H groups in total. The molecule has 0 aliphatic carbocycles. The van der Waals surface area contributed by atoms with Crippen LogP contribution in [-0.2, 0) is 0 Å². The molecule has 0 atom stereocenters. The van der Waals surface area contributed by atoms with E-state index in [4.69, 9.17) is 0 Å². The van der Waals surface area contributed by atoms with Gasteiger partial charge in [0, 0.05) is 17.6 Å². The Bertz CT molecular complexity index is 646. The smallest absolute Gasteiger partial charge is 0.230 e. The Labute approximate surface area is 159 Å². The number of halogens is 1. The van der Waals surface area contributed by atoms with Gasteiger partial charge in [-0.1, -0.05) is 0 Å². The maximum atomic E-state index is 4.28. The van der Waals surface area contributed by atoms with E-state index in [-0.39, 0.29) is 17.0 Å². The fourth-order valence-electron chi connectivity index (χ4n) is 2.11. The third kappa shape index (κ3) is 6.67. The molecule has 0 saturated heterocycles. The summed E-state index contributed by atoms with van der Waals surface area (Å²) >= 11 is 1.51. The number of benzene rings is 1. The lowest BCUT2D eigenvalue weighted by Gasteiger charge is -2.29. The summed E-state index contributed by atoms with van der Waals surface area (Å²) in [5, 5.41) is 11.1. The van der Waals surface area contributed by atoms with Gasteiger partial charge in [0.25, 0.3) is 0 Å². The van der Waals surface area contributed by atoms with E-state index in [0.717, 1.165) is 35.5 Å². The molecule has 0 saturated carbocycles. The van der Waals surface area contributed by atoms with Crippen LogP contribution in [0.1, 0.15) is 12.6 Å². The first-order valence-electron chi connectivity index (χ1n) is 7.87. The van der Waals surface area contributed by atoms with Crippen LogP contribution in [0.25, 0.3) is 0 Å². The number of thiazole rings is 1. The van der Waals surface area contributed by atoms with E-state index in [0.29, 0.717) is 5.13 Å². The second-order valence-electron chi connectivity index (χ2n) is 6.58. The molecule has 24 heavy (non-hydrogen) atoms. The van der Waals surface area contributed by atoms with Gasteiger partial charge in [0.2, 0.25) is 5.13 Å². The summed E-state index contributed by atoms with van der Waals surface area (Å²) in [6.07, 6.45) is 0. The minimum atomic E-state index is 0. The highest BCUT2D eigenvalue weighted by Crippen LogP contribution is 2.24. The number of aromatic nitrogens is 1. The lowest BCUT2D eigenvalue weighted by Crippen LogP contribution is -3.00. The van der Waals surface area contributed by atoms with E-state index < -0.39 is 0 Å². The van der Waals surface area contributed by atoms with Crippen molar-refractivity contribution in [1.82, 2.24) is 4.98 Å². The summed E-state index contributed by atoms with van der Waals surface area (Å²) in [5.41, 5.74) is 3.06. The molecule has 132 valence electrons. The summed E-state index contributed by atoms with van der Waals surface area (Å²) in [4.78, 5) is 6.66. The van der Waals surface area contributed by atoms with E-state index in [2.05, 4.69) is 60.3 Å². The highest BCUT2D eigenvalue weighted by molar-refractivity contribution is 7.13. The van der Waals surface area contributed by atoms with Crippen molar-refractivity contribution in [2.45, 2.75) is 13.8 Å². The number of quaternary nitrogens is 1. The minimum Gasteiger partial charge on any atom is -1.00 e. The first-order chi connectivity index (χ1) is 10.9. The van der Waals surface area contributed by atoms with Gasteiger partial charge in [-0.25, -0.2) is 4.98 Å². The Morgan fingerprint density at radius 1 is 1.12 bits per heavy atom. The number of nitrogens with zero attached hydrogens (tertiary/aromatic N) is 5. The maximum absolute atomic E-state index is 4.28. The third-order valence-electron chi connectivity index (χ3n) is 3.50. The quantitative estimate of drug-likeness (QED) is 0.510. The van der Waals surface area contributed by atoms with Crippen molar-refractivity contribution in [1.29, 1.82) is 0 Å². The van der Waals surface area contributed by atoms with Gasteiger partial charge in [-0.2, -0.15) is 0 Å². The first kappa shape index (κ1) is 20.7. The molecule has 1 aromatic heterocycles. The summed E-state index contributed by atoms with van der Waals surface area (Å²) in [5.74, 6) is 0. The second-order valence-corrected chi connectivity index (χ2v) is 7.42. The van der Waals surface area contributed by atoms with E-state index in [1.54, 1.807) is 0 Å². The molecule has 1 heterocycles. The molecule has 1 aromatic carbocycles. The van der Waals surface area contributed by atoms with Crippen LogP contribution in [0.4, 0.5) is 16.5 Å². The number of hydrogen-bond acceptors (Lipinski definition) is 5. The number of likely N-dealkylation sites (N-methyl/N-ethyl adjacent to an activating group) is 2. The summed E-state index contributed by atoms with van der Waals surface area (Å²) in [6, 6.07) is 8.24. The van der Waals surface area contributed by atoms with Crippen molar-refractivity contribution in [3.63, 3.8) is 0 Å². The van der Waals surface area contributed by atoms with Crippen LogP contribution in [0.2, 0.25) is 0 Å².